The fourth-order valence-electron chi connectivity index (χ4n) is 5.00. The highest BCUT2D eigenvalue weighted by Crippen LogP contribution is 2.22. The first-order valence-corrected chi connectivity index (χ1v) is 14.6. The summed E-state index contributed by atoms with van der Waals surface area (Å²) in [5.41, 5.74) is 4.09. The number of ether oxygens (including phenoxy) is 1. The van der Waals surface area contributed by atoms with Crippen LogP contribution < -0.4 is 15.7 Å². The molecule has 0 fully saturated rings. The van der Waals surface area contributed by atoms with E-state index in [9.17, 15) is 10.2 Å². The fourth-order valence-corrected chi connectivity index (χ4v) is 5.00. The molecule has 224 valence electrons. The van der Waals surface area contributed by atoms with Gasteiger partial charge in [0.1, 0.15) is 11.5 Å². The highest BCUT2D eigenvalue weighted by Gasteiger charge is 2.23. The molecule has 0 bridgehead atoms. The molecule has 9 heteroatoms. The van der Waals surface area contributed by atoms with Crippen molar-refractivity contribution in [3.8, 4) is 11.5 Å². The van der Waals surface area contributed by atoms with Gasteiger partial charge in [0.2, 0.25) is 0 Å². The van der Waals surface area contributed by atoms with Crippen LogP contribution in [0.15, 0.2) is 109 Å². The second-order valence-corrected chi connectivity index (χ2v) is 11.0. The highest BCUT2D eigenvalue weighted by atomic mass is 16.5. The monoisotopic (exact) mass is 580 g/mol. The third-order valence-electron chi connectivity index (χ3n) is 7.60. The van der Waals surface area contributed by atoms with E-state index < -0.39 is 13.8 Å². The molecule has 0 amide bonds. The third-order valence-corrected chi connectivity index (χ3v) is 7.60. The molecule has 4 aromatic carbocycles. The first kappa shape index (κ1) is 32.5. The van der Waals surface area contributed by atoms with Gasteiger partial charge in [0.05, 0.1) is 25.1 Å². The first-order valence-electron chi connectivity index (χ1n) is 14.6. The van der Waals surface area contributed by atoms with E-state index in [1.54, 1.807) is 0 Å². The molecule has 0 aliphatic rings. The average Bonchev–Trinajstić information content (AvgIpc) is 3.03. The maximum Gasteiger partial charge on any atom is 0.353 e. The van der Waals surface area contributed by atoms with Crippen LogP contribution in [0.4, 0.5) is 0 Å². The van der Waals surface area contributed by atoms with Gasteiger partial charge in [0.15, 0.2) is 0 Å². The molecule has 2 atom stereocenters. The zero-order valence-electron chi connectivity index (χ0n) is 25.5. The summed E-state index contributed by atoms with van der Waals surface area (Å²) in [6.45, 7) is -0.217. The van der Waals surface area contributed by atoms with Crippen molar-refractivity contribution < 1.29 is 24.3 Å². The standard InChI is InChI=1S/C34H42B2N2O5/c1-37(2)33(27-11-7-5-8-12-27)23-41-35(25-39)29-15-19-31(20-16-29)43-32-21-17-30(18-22-32)36(26-40)42-24-34(38(3)4)28-13-9-6-10-14-28/h5-22,33-34,39-40H,23-26H2,1-4H3. The average molecular weight is 580 g/mol. The van der Waals surface area contributed by atoms with Gasteiger partial charge in [0, 0.05) is 13.2 Å². The predicted octanol–water partition coefficient (Wildman–Crippen LogP) is 3.58. The summed E-state index contributed by atoms with van der Waals surface area (Å²) in [5.74, 6) is 1.35. The molecule has 2 unspecified atom stereocenters. The zero-order valence-corrected chi connectivity index (χ0v) is 25.5. The maximum atomic E-state index is 10.1. The molecule has 7 nitrogen and oxygen atoms in total. The third kappa shape index (κ3) is 9.28. The molecular weight excluding hydrogens is 538 g/mol. The Morgan fingerprint density at radius 3 is 1.19 bits per heavy atom. The van der Waals surface area contributed by atoms with E-state index >= 15 is 0 Å². The van der Waals surface area contributed by atoms with Gasteiger partial charge in [0.25, 0.3) is 0 Å². The van der Waals surface area contributed by atoms with Gasteiger partial charge in [-0.25, -0.2) is 0 Å². The molecule has 0 heterocycles. The van der Waals surface area contributed by atoms with Crippen molar-refractivity contribution >= 4 is 24.8 Å². The molecule has 4 aromatic rings. The molecular formula is C34H42B2N2O5. The van der Waals surface area contributed by atoms with Crippen LogP contribution in [0.25, 0.3) is 0 Å². The summed E-state index contributed by atoms with van der Waals surface area (Å²) in [5, 5.41) is 20.1. The Balaban J connectivity index is 1.33. The maximum absolute atomic E-state index is 10.1. The minimum atomic E-state index is -0.441. The lowest BCUT2D eigenvalue weighted by Gasteiger charge is -2.26. The summed E-state index contributed by atoms with van der Waals surface area (Å²) in [6.07, 6.45) is 0. The Morgan fingerprint density at radius 1 is 0.535 bits per heavy atom. The van der Waals surface area contributed by atoms with E-state index in [-0.39, 0.29) is 25.1 Å². The lowest BCUT2D eigenvalue weighted by Crippen LogP contribution is -2.40. The Morgan fingerprint density at radius 2 is 0.884 bits per heavy atom. The van der Waals surface area contributed by atoms with Crippen molar-refractivity contribution in [2.24, 2.45) is 0 Å². The molecule has 2 N–H and O–H groups in total. The van der Waals surface area contributed by atoms with Crippen molar-refractivity contribution in [3.63, 3.8) is 0 Å². The minimum Gasteiger partial charge on any atom is -0.457 e. The number of aliphatic hydroxyl groups excluding tert-OH is 2. The lowest BCUT2D eigenvalue weighted by atomic mass is 9.62. The van der Waals surface area contributed by atoms with Crippen LogP contribution >= 0.6 is 0 Å². The van der Waals surface area contributed by atoms with E-state index in [0.29, 0.717) is 24.7 Å². The van der Waals surface area contributed by atoms with Gasteiger partial charge in [-0.3, -0.25) is 0 Å². The van der Waals surface area contributed by atoms with Crippen LogP contribution in [0.3, 0.4) is 0 Å². The Kier molecular flexibility index (Phi) is 12.4. The van der Waals surface area contributed by atoms with Gasteiger partial charge < -0.3 is 34.1 Å². The smallest absolute Gasteiger partial charge is 0.353 e. The molecule has 0 saturated carbocycles. The van der Waals surface area contributed by atoms with E-state index in [1.165, 1.54) is 11.1 Å². The number of aliphatic hydroxyl groups is 2. The molecule has 0 aromatic heterocycles. The molecule has 0 saturated heterocycles. The van der Waals surface area contributed by atoms with Gasteiger partial charge in [-0.15, -0.1) is 0 Å². The topological polar surface area (TPSA) is 74.6 Å². The van der Waals surface area contributed by atoms with Crippen LogP contribution in [0.5, 0.6) is 11.5 Å². The van der Waals surface area contributed by atoms with E-state index in [1.807, 2.05) is 113 Å². The SMILES string of the molecule is CN(C)C(COB(CO)c1ccc(Oc2ccc(B(CO)OCC(c3ccccc3)N(C)C)cc2)cc1)c1ccccc1. The lowest BCUT2D eigenvalue weighted by molar-refractivity contribution is 0.181. The predicted molar refractivity (Wildman–Crippen MR) is 176 cm³/mol. The van der Waals surface area contributed by atoms with E-state index in [4.69, 9.17) is 14.0 Å². The Bertz CT molecular complexity index is 1240. The van der Waals surface area contributed by atoms with Gasteiger partial charge in [-0.1, -0.05) is 84.9 Å². The number of likely N-dealkylation sites (N-methyl/N-ethyl adjacent to an activating group) is 2. The van der Waals surface area contributed by atoms with Crippen molar-refractivity contribution in [2.45, 2.75) is 12.1 Å². The quantitative estimate of drug-likeness (QED) is 0.197. The Labute approximate surface area is 256 Å². The number of nitrogens with zero attached hydrogens (tertiary/aromatic N) is 2. The summed E-state index contributed by atoms with van der Waals surface area (Å²) >= 11 is 0. The second-order valence-electron chi connectivity index (χ2n) is 11.0. The van der Waals surface area contributed by atoms with Crippen molar-refractivity contribution in [1.82, 2.24) is 9.80 Å². The Hall–Kier alpha value is -3.43. The van der Waals surface area contributed by atoms with Crippen LogP contribution in [-0.2, 0) is 9.31 Å². The first-order chi connectivity index (χ1) is 20.9. The number of hydrogen-bond acceptors (Lipinski definition) is 7. The van der Waals surface area contributed by atoms with Gasteiger partial charge in [-0.2, -0.15) is 0 Å². The highest BCUT2D eigenvalue weighted by molar-refractivity contribution is 6.67. The summed E-state index contributed by atoms with van der Waals surface area (Å²) < 4.78 is 18.4. The summed E-state index contributed by atoms with van der Waals surface area (Å²) in [7, 11) is 8.10. The zero-order chi connectivity index (χ0) is 30.6. The number of benzene rings is 4. The molecule has 4 rings (SSSR count). The molecule has 0 aliphatic heterocycles. The fraction of sp³-hybridized carbons (Fsp3) is 0.294. The number of rotatable bonds is 16. The van der Waals surface area contributed by atoms with Crippen LogP contribution in [0.1, 0.15) is 23.2 Å². The number of hydrogen-bond donors (Lipinski definition) is 2. The van der Waals surface area contributed by atoms with Crippen molar-refractivity contribution in [3.05, 3.63) is 120 Å². The molecule has 0 radical (unpaired) electrons. The molecule has 43 heavy (non-hydrogen) atoms. The van der Waals surface area contributed by atoms with E-state index in [2.05, 4.69) is 34.1 Å². The second kappa shape index (κ2) is 16.4. The van der Waals surface area contributed by atoms with E-state index in [0.717, 1.165) is 10.9 Å². The van der Waals surface area contributed by atoms with Gasteiger partial charge >= 0.3 is 13.8 Å². The minimum absolute atomic E-state index is 0.0786. The van der Waals surface area contributed by atoms with Crippen LogP contribution in [0, 0.1) is 0 Å². The van der Waals surface area contributed by atoms with Crippen molar-refractivity contribution in [1.29, 1.82) is 0 Å². The summed E-state index contributed by atoms with van der Waals surface area (Å²) in [4.78, 5) is 4.23. The van der Waals surface area contributed by atoms with Crippen LogP contribution in [0.2, 0.25) is 0 Å². The van der Waals surface area contributed by atoms with Crippen LogP contribution in [-0.4, -0.2) is 88.3 Å². The molecule has 0 aliphatic carbocycles. The van der Waals surface area contributed by atoms with Gasteiger partial charge in [-0.05, 0) is 74.5 Å². The normalized spacial score (nSPS) is 12.7. The van der Waals surface area contributed by atoms with Crippen molar-refractivity contribution in [2.75, 3.05) is 54.4 Å². The summed E-state index contributed by atoms with van der Waals surface area (Å²) in [6, 6.07) is 35.8. The molecule has 0 spiro atoms. The largest absolute Gasteiger partial charge is 0.457 e.